The van der Waals surface area contributed by atoms with Gasteiger partial charge in [-0.1, -0.05) is 24.3 Å². The molecule has 2 aromatic carbocycles. The highest BCUT2D eigenvalue weighted by atomic mass is 16.6. The molecule has 0 spiro atoms. The minimum absolute atomic E-state index is 0.151. The molecule has 110 valence electrons. The summed E-state index contributed by atoms with van der Waals surface area (Å²) in [6.07, 6.45) is 4.70. The second-order valence-electron chi connectivity index (χ2n) is 5.82. The van der Waals surface area contributed by atoms with Crippen LogP contribution >= 0.6 is 0 Å². The standard InChI is InChI=1S/C18H16N2O2/c21-20(22)18-8-4-2-5-13(18)12-9-10-15-14-6-1-3-7-16(14)19-17(15)11-12/h2,4-5,8-11,19H,1,3,6-7H2. The van der Waals surface area contributed by atoms with Crippen molar-refractivity contribution in [1.82, 2.24) is 4.98 Å². The Morgan fingerprint density at radius 2 is 1.86 bits per heavy atom. The number of aryl methyl sites for hydroxylation is 2. The van der Waals surface area contributed by atoms with Gasteiger partial charge in [-0.15, -0.1) is 0 Å². The van der Waals surface area contributed by atoms with Crippen LogP contribution < -0.4 is 0 Å². The number of aromatic nitrogens is 1. The Kier molecular flexibility index (Phi) is 2.96. The van der Waals surface area contributed by atoms with Gasteiger partial charge in [-0.3, -0.25) is 10.1 Å². The van der Waals surface area contributed by atoms with Gasteiger partial charge in [-0.25, -0.2) is 0 Å². The predicted molar refractivity (Wildman–Crippen MR) is 87.0 cm³/mol. The molecule has 4 heteroatoms. The molecule has 0 saturated heterocycles. The van der Waals surface area contributed by atoms with Crippen molar-refractivity contribution in [2.24, 2.45) is 0 Å². The van der Waals surface area contributed by atoms with Crippen LogP contribution in [0.3, 0.4) is 0 Å². The molecule has 1 heterocycles. The number of nitro groups is 1. The maximum absolute atomic E-state index is 11.2. The Morgan fingerprint density at radius 1 is 1.05 bits per heavy atom. The second-order valence-corrected chi connectivity index (χ2v) is 5.82. The maximum Gasteiger partial charge on any atom is 0.277 e. The van der Waals surface area contributed by atoms with E-state index in [-0.39, 0.29) is 10.6 Å². The summed E-state index contributed by atoms with van der Waals surface area (Å²) in [4.78, 5) is 14.4. The van der Waals surface area contributed by atoms with Gasteiger partial charge in [0.15, 0.2) is 0 Å². The number of fused-ring (bicyclic) bond motifs is 3. The van der Waals surface area contributed by atoms with Crippen molar-refractivity contribution in [2.45, 2.75) is 25.7 Å². The highest BCUT2D eigenvalue weighted by molar-refractivity contribution is 5.90. The van der Waals surface area contributed by atoms with Crippen LogP contribution in [0, 0.1) is 10.1 Å². The maximum atomic E-state index is 11.2. The van der Waals surface area contributed by atoms with E-state index >= 15 is 0 Å². The fourth-order valence-corrected chi connectivity index (χ4v) is 3.46. The summed E-state index contributed by atoms with van der Waals surface area (Å²) >= 11 is 0. The van der Waals surface area contributed by atoms with Crippen LogP contribution in [0.2, 0.25) is 0 Å². The molecule has 0 amide bonds. The molecule has 4 nitrogen and oxygen atoms in total. The van der Waals surface area contributed by atoms with Crippen LogP contribution in [0.1, 0.15) is 24.1 Å². The van der Waals surface area contributed by atoms with Crippen LogP contribution in [0.15, 0.2) is 42.5 Å². The topological polar surface area (TPSA) is 58.9 Å². The molecule has 1 aliphatic carbocycles. The van der Waals surface area contributed by atoms with E-state index in [1.807, 2.05) is 24.3 Å². The van der Waals surface area contributed by atoms with Gasteiger partial charge < -0.3 is 4.98 Å². The SMILES string of the molecule is O=[N+]([O-])c1ccccc1-c1ccc2c3c([nH]c2c1)CCCC3. The van der Waals surface area contributed by atoms with Gasteiger partial charge in [0.25, 0.3) is 5.69 Å². The molecule has 1 aromatic heterocycles. The largest absolute Gasteiger partial charge is 0.358 e. The molecule has 0 atom stereocenters. The first-order valence-electron chi connectivity index (χ1n) is 7.61. The van der Waals surface area contributed by atoms with Crippen LogP contribution in [-0.4, -0.2) is 9.91 Å². The van der Waals surface area contributed by atoms with E-state index in [1.165, 1.54) is 29.5 Å². The lowest BCUT2D eigenvalue weighted by molar-refractivity contribution is -0.384. The number of aromatic amines is 1. The second kappa shape index (κ2) is 4.98. The van der Waals surface area contributed by atoms with Gasteiger partial charge in [0.2, 0.25) is 0 Å². The van der Waals surface area contributed by atoms with Crippen molar-refractivity contribution in [1.29, 1.82) is 0 Å². The molecule has 0 unspecified atom stereocenters. The van der Waals surface area contributed by atoms with Gasteiger partial charge in [0, 0.05) is 22.7 Å². The van der Waals surface area contributed by atoms with E-state index in [0.29, 0.717) is 5.56 Å². The lowest BCUT2D eigenvalue weighted by atomic mass is 9.95. The van der Waals surface area contributed by atoms with Gasteiger partial charge in [-0.2, -0.15) is 0 Å². The minimum Gasteiger partial charge on any atom is -0.358 e. The fourth-order valence-electron chi connectivity index (χ4n) is 3.46. The summed E-state index contributed by atoms with van der Waals surface area (Å²) in [5, 5.41) is 12.5. The quantitative estimate of drug-likeness (QED) is 0.553. The van der Waals surface area contributed by atoms with E-state index in [0.717, 1.165) is 23.9 Å². The number of hydrogen-bond acceptors (Lipinski definition) is 2. The van der Waals surface area contributed by atoms with Crippen molar-refractivity contribution in [2.75, 3.05) is 0 Å². The van der Waals surface area contributed by atoms with Crippen LogP contribution in [0.25, 0.3) is 22.0 Å². The molecule has 0 radical (unpaired) electrons. The molecule has 0 bridgehead atoms. The molecular weight excluding hydrogens is 276 g/mol. The highest BCUT2D eigenvalue weighted by Crippen LogP contribution is 2.34. The Bertz CT molecular complexity index is 880. The summed E-state index contributed by atoms with van der Waals surface area (Å²) in [6, 6.07) is 13.0. The Morgan fingerprint density at radius 3 is 2.73 bits per heavy atom. The summed E-state index contributed by atoms with van der Waals surface area (Å²) in [6.45, 7) is 0. The monoisotopic (exact) mass is 292 g/mol. The van der Waals surface area contributed by atoms with Gasteiger partial charge in [0.1, 0.15) is 0 Å². The molecule has 0 aliphatic heterocycles. The number of benzene rings is 2. The Balaban J connectivity index is 1.89. The lowest BCUT2D eigenvalue weighted by Crippen LogP contribution is -1.99. The van der Waals surface area contributed by atoms with Gasteiger partial charge in [0.05, 0.1) is 10.5 Å². The number of nitrogens with zero attached hydrogens (tertiary/aromatic N) is 1. The van der Waals surface area contributed by atoms with Crippen molar-refractivity contribution in [3.8, 4) is 11.1 Å². The third kappa shape index (κ3) is 1.99. The third-order valence-corrected chi connectivity index (χ3v) is 4.51. The molecule has 1 aliphatic rings. The van der Waals surface area contributed by atoms with E-state index in [2.05, 4.69) is 11.1 Å². The average molecular weight is 292 g/mol. The summed E-state index contributed by atoms with van der Waals surface area (Å²) in [5.74, 6) is 0. The third-order valence-electron chi connectivity index (χ3n) is 4.51. The molecular formula is C18H16N2O2. The number of nitrogens with one attached hydrogen (secondary N) is 1. The first-order chi connectivity index (χ1) is 10.7. The first-order valence-corrected chi connectivity index (χ1v) is 7.61. The number of hydrogen-bond donors (Lipinski definition) is 1. The smallest absolute Gasteiger partial charge is 0.277 e. The van der Waals surface area contributed by atoms with Crippen molar-refractivity contribution < 1.29 is 4.92 Å². The number of nitro benzene ring substituents is 1. The zero-order chi connectivity index (χ0) is 15.1. The zero-order valence-electron chi connectivity index (χ0n) is 12.1. The molecule has 0 saturated carbocycles. The normalized spacial score (nSPS) is 14.0. The Hall–Kier alpha value is -2.62. The number of H-pyrrole nitrogens is 1. The van der Waals surface area contributed by atoms with E-state index in [1.54, 1.807) is 12.1 Å². The average Bonchev–Trinajstić information content (AvgIpc) is 2.92. The molecule has 4 rings (SSSR count). The van der Waals surface area contributed by atoms with Gasteiger partial charge >= 0.3 is 0 Å². The molecule has 0 fully saturated rings. The zero-order valence-corrected chi connectivity index (χ0v) is 12.1. The van der Waals surface area contributed by atoms with Crippen molar-refractivity contribution in [3.63, 3.8) is 0 Å². The van der Waals surface area contributed by atoms with Crippen molar-refractivity contribution in [3.05, 3.63) is 63.8 Å². The van der Waals surface area contributed by atoms with E-state index < -0.39 is 0 Å². The summed E-state index contributed by atoms with van der Waals surface area (Å²) < 4.78 is 0. The van der Waals surface area contributed by atoms with Crippen LogP contribution in [0.5, 0.6) is 0 Å². The minimum atomic E-state index is -0.320. The highest BCUT2D eigenvalue weighted by Gasteiger charge is 2.18. The fraction of sp³-hybridized carbons (Fsp3) is 0.222. The predicted octanol–water partition coefficient (Wildman–Crippen LogP) is 4.62. The van der Waals surface area contributed by atoms with Crippen LogP contribution in [0.4, 0.5) is 5.69 Å². The molecule has 1 N–H and O–H groups in total. The van der Waals surface area contributed by atoms with Crippen LogP contribution in [-0.2, 0) is 12.8 Å². The van der Waals surface area contributed by atoms with Gasteiger partial charge in [-0.05, 0) is 48.9 Å². The molecule has 3 aromatic rings. The summed E-state index contributed by atoms with van der Waals surface area (Å²) in [7, 11) is 0. The van der Waals surface area contributed by atoms with E-state index in [9.17, 15) is 10.1 Å². The molecule has 22 heavy (non-hydrogen) atoms. The number of para-hydroxylation sites is 1. The lowest BCUT2D eigenvalue weighted by Gasteiger charge is -2.10. The first kappa shape index (κ1) is 13.1. The van der Waals surface area contributed by atoms with Crippen molar-refractivity contribution >= 4 is 16.6 Å². The van der Waals surface area contributed by atoms with E-state index in [4.69, 9.17) is 0 Å². The number of rotatable bonds is 2. The Labute approximate surface area is 127 Å². The summed E-state index contributed by atoms with van der Waals surface area (Å²) in [5.41, 5.74) is 5.55.